The molecule has 4 atom stereocenters. The number of carbonyl (C=O) groups excluding carboxylic acids is 1. The van der Waals surface area contributed by atoms with E-state index in [4.69, 9.17) is 0 Å². The highest BCUT2D eigenvalue weighted by molar-refractivity contribution is 5.85. The van der Waals surface area contributed by atoms with Gasteiger partial charge in [0, 0.05) is 6.54 Å². The number of fused-ring (bicyclic) bond motifs is 2. The lowest BCUT2D eigenvalue weighted by Gasteiger charge is -2.37. The normalized spacial score (nSPS) is 33.7. The Morgan fingerprint density at radius 2 is 2.04 bits per heavy atom. The average molecular weight is 363 g/mol. The topological polar surface area (TPSA) is 41.1 Å². The Labute approximate surface area is 157 Å². The number of hydrogen-bond acceptors (Lipinski definition) is 2. The summed E-state index contributed by atoms with van der Waals surface area (Å²) in [6.07, 6.45) is 8.35. The lowest BCUT2D eigenvalue weighted by molar-refractivity contribution is -0.134. The quantitative estimate of drug-likeness (QED) is 0.840. The van der Waals surface area contributed by atoms with Gasteiger partial charge >= 0.3 is 0 Å². The van der Waals surface area contributed by atoms with E-state index in [0.717, 1.165) is 38.4 Å². The highest BCUT2D eigenvalue weighted by Gasteiger charge is 2.55. The Morgan fingerprint density at radius 3 is 2.68 bits per heavy atom. The first-order valence-corrected chi connectivity index (χ1v) is 9.79. The van der Waals surface area contributed by atoms with Crippen molar-refractivity contribution >= 4 is 18.3 Å². The van der Waals surface area contributed by atoms with Crippen molar-refractivity contribution in [1.82, 2.24) is 10.6 Å². The maximum Gasteiger partial charge on any atom is 0.226 e. The highest BCUT2D eigenvalue weighted by atomic mass is 35.5. The van der Waals surface area contributed by atoms with E-state index in [1.54, 1.807) is 0 Å². The van der Waals surface area contributed by atoms with Crippen molar-refractivity contribution in [2.45, 2.75) is 44.9 Å². The third kappa shape index (κ3) is 3.88. The Bertz CT molecular complexity index is 573. The lowest BCUT2D eigenvalue weighted by Crippen LogP contribution is -2.48. The molecule has 1 amide bonds. The number of benzene rings is 1. The fourth-order valence-electron chi connectivity index (χ4n) is 5.49. The van der Waals surface area contributed by atoms with Crippen LogP contribution >= 0.6 is 12.4 Å². The van der Waals surface area contributed by atoms with Crippen LogP contribution in [0.3, 0.4) is 0 Å². The first-order valence-electron chi connectivity index (χ1n) is 9.79. The molecule has 0 radical (unpaired) electrons. The average Bonchev–Trinajstić information content (AvgIpc) is 3.23. The summed E-state index contributed by atoms with van der Waals surface area (Å²) in [5.41, 5.74) is 1.17. The molecular weight excluding hydrogens is 332 g/mol. The molecule has 1 heterocycles. The Kier molecular flexibility index (Phi) is 6.06. The Hall–Kier alpha value is -1.06. The molecule has 4 heteroatoms. The predicted octanol–water partition coefficient (Wildman–Crippen LogP) is 3.57. The van der Waals surface area contributed by atoms with Gasteiger partial charge in [-0.2, -0.15) is 0 Å². The zero-order valence-corrected chi connectivity index (χ0v) is 15.8. The molecular formula is C21H31ClN2O. The van der Waals surface area contributed by atoms with Gasteiger partial charge in [0.05, 0.1) is 5.41 Å². The van der Waals surface area contributed by atoms with E-state index >= 15 is 0 Å². The van der Waals surface area contributed by atoms with Gasteiger partial charge in [-0.05, 0) is 74.9 Å². The minimum atomic E-state index is -0.146. The minimum absolute atomic E-state index is 0. The molecule has 25 heavy (non-hydrogen) atoms. The predicted molar refractivity (Wildman–Crippen MR) is 104 cm³/mol. The SMILES string of the molecule is Cl.O=C(NCC1CCCNC1)C1(Cc2ccccc2)CC2CCC1C2. The molecule has 1 saturated heterocycles. The van der Waals surface area contributed by atoms with Crippen LogP contribution in [0, 0.1) is 23.2 Å². The molecule has 3 nitrogen and oxygen atoms in total. The molecule has 2 aliphatic carbocycles. The molecule has 0 spiro atoms. The number of rotatable bonds is 5. The molecule has 3 aliphatic rings. The van der Waals surface area contributed by atoms with Crippen molar-refractivity contribution in [3.8, 4) is 0 Å². The van der Waals surface area contributed by atoms with Gasteiger partial charge in [0.1, 0.15) is 0 Å². The standard InChI is InChI=1S/C21H30N2O.ClH/c24-20(23-15-18-7-4-10-22-14-18)21(12-16-5-2-1-3-6-16)13-17-8-9-19(21)11-17;/h1-3,5-6,17-19,22H,4,7-15H2,(H,23,24);1H. The van der Waals surface area contributed by atoms with Crippen LogP contribution in [0.1, 0.15) is 44.1 Å². The second-order valence-corrected chi connectivity index (χ2v) is 8.32. The minimum Gasteiger partial charge on any atom is -0.355 e. The summed E-state index contributed by atoms with van der Waals surface area (Å²) in [5, 5.41) is 6.81. The molecule has 2 N–H and O–H groups in total. The smallest absolute Gasteiger partial charge is 0.226 e. The fraction of sp³-hybridized carbons (Fsp3) is 0.667. The second-order valence-electron chi connectivity index (χ2n) is 8.32. The molecule has 138 valence electrons. The van der Waals surface area contributed by atoms with Gasteiger partial charge in [-0.15, -0.1) is 12.4 Å². The molecule has 0 aromatic heterocycles. The number of nitrogens with one attached hydrogen (secondary N) is 2. The van der Waals surface area contributed by atoms with Gasteiger partial charge in [0.2, 0.25) is 5.91 Å². The van der Waals surface area contributed by atoms with E-state index in [9.17, 15) is 4.79 Å². The van der Waals surface area contributed by atoms with E-state index in [0.29, 0.717) is 17.7 Å². The van der Waals surface area contributed by atoms with Gasteiger partial charge in [-0.1, -0.05) is 36.8 Å². The number of amides is 1. The van der Waals surface area contributed by atoms with Crippen LogP contribution in [-0.2, 0) is 11.2 Å². The summed E-state index contributed by atoms with van der Waals surface area (Å²) in [5.74, 6) is 2.31. The summed E-state index contributed by atoms with van der Waals surface area (Å²) < 4.78 is 0. The van der Waals surface area contributed by atoms with Crippen molar-refractivity contribution in [3.63, 3.8) is 0 Å². The van der Waals surface area contributed by atoms with Crippen LogP contribution in [0.4, 0.5) is 0 Å². The molecule has 4 rings (SSSR count). The fourth-order valence-corrected chi connectivity index (χ4v) is 5.49. The van der Waals surface area contributed by atoms with Gasteiger partial charge in [-0.3, -0.25) is 4.79 Å². The van der Waals surface area contributed by atoms with Crippen molar-refractivity contribution in [3.05, 3.63) is 35.9 Å². The molecule has 2 saturated carbocycles. The highest BCUT2D eigenvalue weighted by Crippen LogP contribution is 2.57. The number of hydrogen-bond donors (Lipinski definition) is 2. The van der Waals surface area contributed by atoms with E-state index in [1.807, 2.05) is 0 Å². The number of carbonyl (C=O) groups is 1. The van der Waals surface area contributed by atoms with Crippen LogP contribution in [-0.4, -0.2) is 25.5 Å². The zero-order valence-electron chi connectivity index (χ0n) is 15.0. The molecule has 4 unspecified atom stereocenters. The molecule has 3 fully saturated rings. The van der Waals surface area contributed by atoms with Crippen LogP contribution in [0.25, 0.3) is 0 Å². The number of piperidine rings is 1. The zero-order chi connectivity index (χ0) is 16.4. The number of halogens is 1. The van der Waals surface area contributed by atoms with Crippen LogP contribution in [0.15, 0.2) is 30.3 Å². The lowest BCUT2D eigenvalue weighted by atomic mass is 9.68. The van der Waals surface area contributed by atoms with Gasteiger partial charge in [-0.25, -0.2) is 0 Å². The van der Waals surface area contributed by atoms with Crippen LogP contribution < -0.4 is 10.6 Å². The van der Waals surface area contributed by atoms with Gasteiger partial charge < -0.3 is 10.6 Å². The first-order chi connectivity index (χ1) is 11.8. The maximum atomic E-state index is 13.3. The summed E-state index contributed by atoms with van der Waals surface area (Å²) in [6.45, 7) is 3.03. The molecule has 1 aromatic carbocycles. The largest absolute Gasteiger partial charge is 0.355 e. The summed E-state index contributed by atoms with van der Waals surface area (Å²) in [6, 6.07) is 10.6. The molecule has 2 bridgehead atoms. The molecule has 1 aliphatic heterocycles. The summed E-state index contributed by atoms with van der Waals surface area (Å²) >= 11 is 0. The van der Waals surface area contributed by atoms with E-state index in [-0.39, 0.29) is 17.8 Å². The van der Waals surface area contributed by atoms with E-state index in [1.165, 1.54) is 37.7 Å². The monoisotopic (exact) mass is 362 g/mol. The third-order valence-corrected chi connectivity index (χ3v) is 6.74. The Balaban J connectivity index is 0.00000182. The van der Waals surface area contributed by atoms with Gasteiger partial charge in [0.25, 0.3) is 0 Å². The van der Waals surface area contributed by atoms with E-state index < -0.39 is 0 Å². The van der Waals surface area contributed by atoms with Crippen molar-refractivity contribution in [2.24, 2.45) is 23.2 Å². The first kappa shape index (κ1) is 18.7. The van der Waals surface area contributed by atoms with E-state index in [2.05, 4.69) is 41.0 Å². The molecule has 1 aromatic rings. The Morgan fingerprint density at radius 1 is 1.20 bits per heavy atom. The van der Waals surface area contributed by atoms with Crippen LogP contribution in [0.2, 0.25) is 0 Å². The van der Waals surface area contributed by atoms with Gasteiger partial charge in [0.15, 0.2) is 0 Å². The van der Waals surface area contributed by atoms with Crippen molar-refractivity contribution in [1.29, 1.82) is 0 Å². The summed E-state index contributed by atoms with van der Waals surface area (Å²) in [7, 11) is 0. The third-order valence-electron chi connectivity index (χ3n) is 6.74. The van der Waals surface area contributed by atoms with Crippen LogP contribution in [0.5, 0.6) is 0 Å². The second kappa shape index (κ2) is 8.09. The van der Waals surface area contributed by atoms with Crippen molar-refractivity contribution < 1.29 is 4.79 Å². The maximum absolute atomic E-state index is 13.3. The van der Waals surface area contributed by atoms with Crippen molar-refractivity contribution in [2.75, 3.05) is 19.6 Å². The summed E-state index contributed by atoms with van der Waals surface area (Å²) in [4.78, 5) is 13.3.